The van der Waals surface area contributed by atoms with Crippen molar-refractivity contribution in [3.05, 3.63) is 28.0 Å². The monoisotopic (exact) mass is 317 g/mol. The first kappa shape index (κ1) is 16.6. The van der Waals surface area contributed by atoms with Crippen molar-refractivity contribution in [2.75, 3.05) is 6.61 Å². The number of nitrogens with zero attached hydrogens (tertiary/aromatic N) is 1. The highest BCUT2D eigenvalue weighted by atomic mass is 35.5. The van der Waals surface area contributed by atoms with Crippen LogP contribution in [0.1, 0.15) is 30.2 Å². The number of pyridine rings is 1. The largest absolute Gasteiger partial charge is 0.466 e. The Balaban J connectivity index is 3.38. The third-order valence-electron chi connectivity index (χ3n) is 2.26. The van der Waals surface area contributed by atoms with Crippen molar-refractivity contribution in [1.29, 1.82) is 0 Å². The first-order valence-electron chi connectivity index (χ1n) is 5.37. The van der Waals surface area contributed by atoms with Crippen LogP contribution in [0.25, 0.3) is 0 Å². The highest BCUT2D eigenvalue weighted by Crippen LogP contribution is 2.37. The Labute approximate surface area is 115 Å². The fourth-order valence-electron chi connectivity index (χ4n) is 1.53. The molecule has 0 fully saturated rings. The number of carbonyl (C=O) groups excluding carboxylic acids is 1. The van der Waals surface area contributed by atoms with Crippen molar-refractivity contribution < 1.29 is 31.5 Å². The van der Waals surface area contributed by atoms with Gasteiger partial charge in [0.25, 0.3) is 6.43 Å². The number of hydrogen-bond acceptors (Lipinski definition) is 3. The molecule has 0 aromatic carbocycles. The molecule has 1 aromatic rings. The molecule has 0 saturated carbocycles. The third kappa shape index (κ3) is 4.03. The molecule has 1 rings (SSSR count). The van der Waals surface area contributed by atoms with E-state index in [-0.39, 0.29) is 6.61 Å². The molecule has 0 aliphatic heterocycles. The van der Waals surface area contributed by atoms with Crippen molar-refractivity contribution in [3.63, 3.8) is 0 Å². The Bertz CT molecular complexity index is 504. The summed E-state index contributed by atoms with van der Waals surface area (Å²) in [5, 5.41) is -0.722. The van der Waals surface area contributed by atoms with Crippen molar-refractivity contribution >= 4 is 17.6 Å². The van der Waals surface area contributed by atoms with E-state index < -0.39 is 47.0 Å². The highest BCUT2D eigenvalue weighted by molar-refractivity contribution is 6.29. The Hall–Kier alpha value is -1.44. The summed E-state index contributed by atoms with van der Waals surface area (Å²) in [6.07, 6.45) is -9.18. The zero-order valence-corrected chi connectivity index (χ0v) is 10.9. The van der Waals surface area contributed by atoms with Gasteiger partial charge in [0.1, 0.15) is 10.8 Å². The van der Waals surface area contributed by atoms with Gasteiger partial charge in [-0.05, 0) is 13.0 Å². The molecule has 112 valence electrons. The van der Waals surface area contributed by atoms with Crippen LogP contribution in [0.4, 0.5) is 22.0 Å². The Morgan fingerprint density at radius 3 is 2.50 bits per heavy atom. The molecule has 0 N–H and O–H groups in total. The summed E-state index contributed by atoms with van der Waals surface area (Å²) in [7, 11) is 0. The molecule has 20 heavy (non-hydrogen) atoms. The molecule has 0 aliphatic rings. The lowest BCUT2D eigenvalue weighted by Crippen LogP contribution is -2.18. The second-order valence-corrected chi connectivity index (χ2v) is 4.02. The fraction of sp³-hybridized carbons (Fsp3) is 0.455. The van der Waals surface area contributed by atoms with Gasteiger partial charge < -0.3 is 4.74 Å². The number of aromatic nitrogens is 1. The summed E-state index contributed by atoms with van der Waals surface area (Å²) < 4.78 is 68.5. The molecule has 0 aliphatic carbocycles. The second-order valence-electron chi connectivity index (χ2n) is 3.64. The SMILES string of the molecule is CCOC(=O)Cc1c(C(F)(F)F)cc(Cl)nc1C(F)F. The number of carbonyl (C=O) groups is 1. The molecule has 0 unspecified atom stereocenters. The van der Waals surface area contributed by atoms with Gasteiger partial charge >= 0.3 is 12.1 Å². The lowest BCUT2D eigenvalue weighted by atomic mass is 10.0. The van der Waals surface area contributed by atoms with Crippen LogP contribution in [-0.2, 0) is 22.1 Å². The van der Waals surface area contributed by atoms with E-state index in [9.17, 15) is 26.7 Å². The number of halogens is 6. The zero-order valence-electron chi connectivity index (χ0n) is 10.1. The van der Waals surface area contributed by atoms with Gasteiger partial charge in [0.2, 0.25) is 0 Å². The number of alkyl halides is 5. The molecular formula is C11H9ClF5NO2. The van der Waals surface area contributed by atoms with Crippen LogP contribution in [-0.4, -0.2) is 17.6 Å². The molecule has 0 amide bonds. The zero-order chi connectivity index (χ0) is 15.5. The molecular weight excluding hydrogens is 309 g/mol. The molecule has 0 atom stereocenters. The van der Waals surface area contributed by atoms with Crippen LogP contribution in [0.5, 0.6) is 0 Å². The Morgan fingerprint density at radius 2 is 2.05 bits per heavy atom. The van der Waals surface area contributed by atoms with Crippen LogP contribution in [0.3, 0.4) is 0 Å². The first-order valence-corrected chi connectivity index (χ1v) is 5.74. The summed E-state index contributed by atoms with van der Waals surface area (Å²) in [5.74, 6) is -1.05. The third-order valence-corrected chi connectivity index (χ3v) is 2.46. The van der Waals surface area contributed by atoms with E-state index in [4.69, 9.17) is 11.6 Å². The number of hydrogen-bond donors (Lipinski definition) is 0. The molecule has 0 radical (unpaired) electrons. The van der Waals surface area contributed by atoms with Crippen LogP contribution in [0.15, 0.2) is 6.07 Å². The van der Waals surface area contributed by atoms with E-state index in [1.807, 2.05) is 0 Å². The van der Waals surface area contributed by atoms with Crippen LogP contribution >= 0.6 is 11.6 Å². The molecule has 9 heteroatoms. The second kappa shape index (κ2) is 6.34. The van der Waals surface area contributed by atoms with Crippen molar-refractivity contribution in [1.82, 2.24) is 4.98 Å². The number of rotatable bonds is 4. The fourth-order valence-corrected chi connectivity index (χ4v) is 1.73. The van der Waals surface area contributed by atoms with E-state index >= 15 is 0 Å². The summed E-state index contributed by atoms with van der Waals surface area (Å²) in [6.45, 7) is 1.36. The average Bonchev–Trinajstić information content (AvgIpc) is 2.29. The molecule has 3 nitrogen and oxygen atoms in total. The van der Waals surface area contributed by atoms with E-state index in [0.29, 0.717) is 6.07 Å². The average molecular weight is 318 g/mol. The number of ether oxygens (including phenoxy) is 1. The van der Waals surface area contributed by atoms with Gasteiger partial charge in [-0.1, -0.05) is 11.6 Å². The normalized spacial score (nSPS) is 11.8. The molecule has 0 bridgehead atoms. The van der Waals surface area contributed by atoms with E-state index in [2.05, 4.69) is 9.72 Å². The van der Waals surface area contributed by atoms with Crippen LogP contribution < -0.4 is 0 Å². The minimum absolute atomic E-state index is 0.0782. The Morgan fingerprint density at radius 1 is 1.45 bits per heavy atom. The molecule has 0 spiro atoms. The first-order chi connectivity index (χ1) is 9.16. The molecule has 1 aromatic heterocycles. The maximum absolute atomic E-state index is 12.8. The minimum Gasteiger partial charge on any atom is -0.466 e. The summed E-state index contributed by atoms with van der Waals surface area (Å²) in [6, 6.07) is 0.405. The van der Waals surface area contributed by atoms with Gasteiger partial charge in [0.15, 0.2) is 0 Å². The van der Waals surface area contributed by atoms with Gasteiger partial charge in [-0.2, -0.15) is 13.2 Å². The van der Waals surface area contributed by atoms with Gasteiger partial charge in [0, 0.05) is 5.56 Å². The van der Waals surface area contributed by atoms with Gasteiger partial charge in [-0.15, -0.1) is 0 Å². The molecule has 1 heterocycles. The summed E-state index contributed by atoms with van der Waals surface area (Å²) in [4.78, 5) is 14.4. The standard InChI is InChI=1S/C11H9ClF5NO2/c1-2-20-8(19)3-5-6(11(15,16)17)4-7(12)18-9(5)10(13)14/h4,10H,2-3H2,1H3. The maximum atomic E-state index is 12.8. The smallest absolute Gasteiger partial charge is 0.416 e. The van der Waals surface area contributed by atoms with Crippen LogP contribution in [0.2, 0.25) is 5.15 Å². The Kier molecular flexibility index (Phi) is 5.27. The lowest BCUT2D eigenvalue weighted by Gasteiger charge is -2.16. The van der Waals surface area contributed by atoms with E-state index in [1.165, 1.54) is 6.92 Å². The topological polar surface area (TPSA) is 39.2 Å². The maximum Gasteiger partial charge on any atom is 0.416 e. The van der Waals surface area contributed by atoms with Gasteiger partial charge in [-0.25, -0.2) is 13.8 Å². The highest BCUT2D eigenvalue weighted by Gasteiger charge is 2.37. The van der Waals surface area contributed by atoms with Crippen LogP contribution in [0, 0.1) is 0 Å². The van der Waals surface area contributed by atoms with E-state index in [0.717, 1.165) is 0 Å². The predicted molar refractivity (Wildman–Crippen MR) is 59.5 cm³/mol. The minimum atomic E-state index is -4.93. The van der Waals surface area contributed by atoms with Gasteiger partial charge in [-0.3, -0.25) is 4.79 Å². The van der Waals surface area contributed by atoms with Gasteiger partial charge in [0.05, 0.1) is 18.6 Å². The summed E-state index contributed by atoms with van der Waals surface area (Å²) >= 11 is 5.31. The van der Waals surface area contributed by atoms with Crippen molar-refractivity contribution in [2.45, 2.75) is 25.9 Å². The summed E-state index contributed by atoms with van der Waals surface area (Å²) in [5.41, 5.74) is -3.51. The van der Waals surface area contributed by atoms with Crippen molar-refractivity contribution in [2.24, 2.45) is 0 Å². The quantitative estimate of drug-likeness (QED) is 0.482. The predicted octanol–water partition coefficient (Wildman–Crippen LogP) is 3.80. The molecule has 0 saturated heterocycles. The number of esters is 1. The van der Waals surface area contributed by atoms with E-state index in [1.54, 1.807) is 0 Å². The van der Waals surface area contributed by atoms with Crippen molar-refractivity contribution in [3.8, 4) is 0 Å². The lowest BCUT2D eigenvalue weighted by molar-refractivity contribution is -0.143.